The van der Waals surface area contributed by atoms with Crippen molar-refractivity contribution in [2.75, 3.05) is 5.32 Å². The van der Waals surface area contributed by atoms with Crippen molar-refractivity contribution >= 4 is 33.8 Å². The lowest BCUT2D eigenvalue weighted by Crippen LogP contribution is -3.00. The number of aryl methyl sites for hydroxylation is 1. The molecule has 3 rings (SSSR count). The van der Waals surface area contributed by atoms with E-state index in [1.165, 1.54) is 11.1 Å². The van der Waals surface area contributed by atoms with Gasteiger partial charge in [-0.05, 0) is 19.1 Å². The monoisotopic (exact) mass is 380 g/mol. The first kappa shape index (κ1) is 16.0. The Bertz CT molecular complexity index is 725. The Morgan fingerprint density at radius 2 is 1.76 bits per heavy atom. The molecule has 0 amide bonds. The number of benzene rings is 2. The number of aromatic nitrogens is 1. The van der Waals surface area contributed by atoms with E-state index in [1.807, 2.05) is 24.3 Å². The topological polar surface area (TPSA) is 26.2 Å². The molecule has 2 N–H and O–H groups in total. The quantitative estimate of drug-likeness (QED) is 0.737. The number of nitrogens with one attached hydrogen (secondary N) is 2. The normalized spacial score (nSPS) is 10.0. The van der Waals surface area contributed by atoms with Gasteiger partial charge in [0.2, 0.25) is 0 Å². The second-order valence-corrected chi connectivity index (χ2v) is 5.86. The number of rotatable bonds is 3. The van der Waals surface area contributed by atoms with Crippen molar-refractivity contribution in [3.05, 3.63) is 64.5 Å². The maximum atomic E-state index is 6.14. The van der Waals surface area contributed by atoms with Crippen molar-refractivity contribution in [2.24, 2.45) is 0 Å². The van der Waals surface area contributed by atoms with Crippen LogP contribution in [0.15, 0.2) is 53.9 Å². The highest BCUT2D eigenvalue weighted by molar-refractivity contribution is 7.13. The van der Waals surface area contributed by atoms with Gasteiger partial charge in [0.05, 0.1) is 5.02 Å². The van der Waals surface area contributed by atoms with Gasteiger partial charge in [0, 0.05) is 10.9 Å². The standard InChI is InChI=1S/C16H13ClN2S.BrH/c1-11-6-8-12(9-7-11)15-10-20-16(19-15)18-14-5-3-2-4-13(14)17;/h2-10H,1H3,(H,18,19);1H. The molecular formula is C16H14BrClN2S. The molecule has 0 aliphatic carbocycles. The van der Waals surface area contributed by atoms with E-state index >= 15 is 0 Å². The van der Waals surface area contributed by atoms with E-state index in [0.717, 1.165) is 16.5 Å². The maximum absolute atomic E-state index is 6.14. The number of hydrogen-bond acceptors (Lipinski definition) is 2. The highest BCUT2D eigenvalue weighted by atomic mass is 79.9. The fourth-order valence-corrected chi connectivity index (χ4v) is 2.87. The van der Waals surface area contributed by atoms with E-state index in [4.69, 9.17) is 11.6 Å². The van der Waals surface area contributed by atoms with Crippen LogP contribution in [0.25, 0.3) is 11.3 Å². The summed E-state index contributed by atoms with van der Waals surface area (Å²) in [6.45, 7) is 2.09. The van der Waals surface area contributed by atoms with E-state index < -0.39 is 0 Å². The third kappa shape index (κ3) is 3.84. The van der Waals surface area contributed by atoms with Gasteiger partial charge in [0.15, 0.2) is 0 Å². The first-order valence-electron chi connectivity index (χ1n) is 6.32. The summed E-state index contributed by atoms with van der Waals surface area (Å²) in [5.41, 5.74) is 4.45. The molecule has 3 aromatic rings. The van der Waals surface area contributed by atoms with Crippen LogP contribution in [0.1, 0.15) is 5.56 Å². The lowest BCUT2D eigenvalue weighted by atomic mass is 10.1. The molecule has 1 aromatic heterocycles. The van der Waals surface area contributed by atoms with Gasteiger partial charge < -0.3 is 17.0 Å². The van der Waals surface area contributed by atoms with Gasteiger partial charge in [-0.25, -0.2) is 10.3 Å². The summed E-state index contributed by atoms with van der Waals surface area (Å²) in [6, 6.07) is 16.2. The van der Waals surface area contributed by atoms with E-state index in [2.05, 4.69) is 46.9 Å². The first-order valence-corrected chi connectivity index (χ1v) is 7.57. The second-order valence-electron chi connectivity index (χ2n) is 4.57. The van der Waals surface area contributed by atoms with Gasteiger partial charge in [-0.1, -0.05) is 64.9 Å². The molecule has 0 spiro atoms. The molecule has 108 valence electrons. The summed E-state index contributed by atoms with van der Waals surface area (Å²) in [6.07, 6.45) is 0. The SMILES string of the molecule is Cc1ccc(-c2csc(Nc3ccccc3Cl)[nH+]2)cc1.[Br-]. The van der Waals surface area contributed by atoms with Crippen LogP contribution in [0.5, 0.6) is 0 Å². The molecule has 0 unspecified atom stereocenters. The van der Waals surface area contributed by atoms with E-state index in [-0.39, 0.29) is 17.0 Å². The summed E-state index contributed by atoms with van der Waals surface area (Å²) in [7, 11) is 0. The minimum atomic E-state index is 0. The molecule has 0 bridgehead atoms. The maximum Gasteiger partial charge on any atom is 0.337 e. The zero-order valence-electron chi connectivity index (χ0n) is 11.4. The Morgan fingerprint density at radius 3 is 2.48 bits per heavy atom. The summed E-state index contributed by atoms with van der Waals surface area (Å²) in [5, 5.41) is 7.09. The smallest absolute Gasteiger partial charge is 0.337 e. The van der Waals surface area contributed by atoms with Gasteiger partial charge >= 0.3 is 5.13 Å². The van der Waals surface area contributed by atoms with Gasteiger partial charge in [-0.15, -0.1) is 0 Å². The number of anilines is 2. The van der Waals surface area contributed by atoms with Crippen molar-refractivity contribution < 1.29 is 22.0 Å². The van der Waals surface area contributed by atoms with Crippen LogP contribution in [0.4, 0.5) is 10.8 Å². The second kappa shape index (κ2) is 7.07. The molecule has 0 aliphatic rings. The molecule has 2 aromatic carbocycles. The predicted molar refractivity (Wildman–Crippen MR) is 85.8 cm³/mol. The van der Waals surface area contributed by atoms with Crippen LogP contribution >= 0.6 is 22.9 Å². The van der Waals surface area contributed by atoms with Gasteiger partial charge in [-0.3, -0.25) is 0 Å². The summed E-state index contributed by atoms with van der Waals surface area (Å²) >= 11 is 7.77. The van der Waals surface area contributed by atoms with E-state index in [1.54, 1.807) is 11.3 Å². The van der Waals surface area contributed by atoms with Crippen molar-refractivity contribution in [3.63, 3.8) is 0 Å². The molecule has 0 saturated carbocycles. The molecular weight excluding hydrogens is 368 g/mol. The molecule has 0 atom stereocenters. The largest absolute Gasteiger partial charge is 1.00 e. The molecule has 1 heterocycles. The average molecular weight is 382 g/mol. The number of halogens is 2. The number of thiazole rings is 1. The lowest BCUT2D eigenvalue weighted by Gasteiger charge is -1.98. The van der Waals surface area contributed by atoms with Crippen molar-refractivity contribution in [1.29, 1.82) is 0 Å². The number of para-hydroxylation sites is 1. The predicted octanol–water partition coefficient (Wildman–Crippen LogP) is 1.94. The van der Waals surface area contributed by atoms with Gasteiger partial charge in [0.25, 0.3) is 0 Å². The van der Waals surface area contributed by atoms with Crippen LogP contribution in [0.3, 0.4) is 0 Å². The number of hydrogen-bond donors (Lipinski definition) is 1. The molecule has 0 fully saturated rings. The molecule has 0 aliphatic heterocycles. The average Bonchev–Trinajstić information content (AvgIpc) is 2.91. The fourth-order valence-electron chi connectivity index (χ4n) is 1.92. The highest BCUT2D eigenvalue weighted by Gasteiger charge is 2.12. The van der Waals surface area contributed by atoms with Crippen molar-refractivity contribution in [2.45, 2.75) is 6.92 Å². The Kier molecular flexibility index (Phi) is 5.39. The summed E-state index contributed by atoms with van der Waals surface area (Å²) in [4.78, 5) is 3.37. The molecule has 2 nitrogen and oxygen atoms in total. The van der Waals surface area contributed by atoms with Crippen molar-refractivity contribution in [3.8, 4) is 11.3 Å². The van der Waals surface area contributed by atoms with Crippen LogP contribution in [-0.4, -0.2) is 0 Å². The van der Waals surface area contributed by atoms with Crippen LogP contribution in [-0.2, 0) is 0 Å². The minimum absolute atomic E-state index is 0. The highest BCUT2D eigenvalue weighted by Crippen LogP contribution is 2.27. The number of aromatic amines is 1. The van der Waals surface area contributed by atoms with Crippen molar-refractivity contribution in [1.82, 2.24) is 0 Å². The van der Waals surface area contributed by atoms with Crippen LogP contribution in [0, 0.1) is 6.92 Å². The fraction of sp³-hybridized carbons (Fsp3) is 0.0625. The minimum Gasteiger partial charge on any atom is -1.00 e. The Hall–Kier alpha value is -1.36. The summed E-state index contributed by atoms with van der Waals surface area (Å²) in [5.74, 6) is 0. The third-order valence-corrected chi connectivity index (χ3v) is 4.15. The third-order valence-electron chi connectivity index (χ3n) is 3.03. The molecule has 0 saturated heterocycles. The molecule has 5 heteroatoms. The van der Waals surface area contributed by atoms with Crippen LogP contribution < -0.4 is 27.3 Å². The first-order chi connectivity index (χ1) is 9.72. The zero-order valence-corrected chi connectivity index (χ0v) is 14.5. The number of H-pyrrole nitrogens is 1. The van der Waals surface area contributed by atoms with Gasteiger partial charge in [0.1, 0.15) is 11.4 Å². The van der Waals surface area contributed by atoms with E-state index in [0.29, 0.717) is 5.02 Å². The lowest BCUT2D eigenvalue weighted by molar-refractivity contribution is -0.340. The summed E-state index contributed by atoms with van der Waals surface area (Å²) < 4.78 is 0. The zero-order chi connectivity index (χ0) is 13.9. The van der Waals surface area contributed by atoms with Gasteiger partial charge in [-0.2, -0.15) is 0 Å². The van der Waals surface area contributed by atoms with Crippen LogP contribution in [0.2, 0.25) is 5.02 Å². The Labute approximate surface area is 143 Å². The molecule has 0 radical (unpaired) electrons. The molecule has 21 heavy (non-hydrogen) atoms. The van der Waals surface area contributed by atoms with E-state index in [9.17, 15) is 0 Å². The Balaban J connectivity index is 0.00000161. The Morgan fingerprint density at radius 1 is 1.05 bits per heavy atom.